The Morgan fingerprint density at radius 1 is 1.21 bits per heavy atom. The zero-order valence-electron chi connectivity index (χ0n) is 9.50. The summed E-state index contributed by atoms with van der Waals surface area (Å²) >= 11 is 0. The maximum absolute atomic E-state index is 6.06. The van der Waals surface area contributed by atoms with E-state index in [9.17, 15) is 0 Å². The van der Waals surface area contributed by atoms with Gasteiger partial charge in [0.05, 0.1) is 0 Å². The van der Waals surface area contributed by atoms with E-state index in [0.29, 0.717) is 6.04 Å². The van der Waals surface area contributed by atoms with Crippen LogP contribution in [0.25, 0.3) is 0 Å². The van der Waals surface area contributed by atoms with Crippen LogP contribution in [0.3, 0.4) is 0 Å². The summed E-state index contributed by atoms with van der Waals surface area (Å²) in [5.74, 6) is 0.727. The minimum atomic E-state index is 0.443. The summed E-state index contributed by atoms with van der Waals surface area (Å²) in [5.41, 5.74) is 6.06. The van der Waals surface area contributed by atoms with Crippen LogP contribution in [0.15, 0.2) is 0 Å². The first-order valence-electron chi connectivity index (χ1n) is 6.18. The minimum Gasteiger partial charge on any atom is -0.381 e. The van der Waals surface area contributed by atoms with Gasteiger partial charge in [-0.15, -0.1) is 0 Å². The van der Waals surface area contributed by atoms with Crippen molar-refractivity contribution in [3.05, 3.63) is 0 Å². The summed E-state index contributed by atoms with van der Waals surface area (Å²) in [6.07, 6.45) is 8.82. The monoisotopic (exact) mass is 199 g/mol. The molecule has 1 saturated carbocycles. The Hall–Kier alpha value is -0.0800. The minimum absolute atomic E-state index is 0.443. The maximum Gasteiger partial charge on any atom is 0.0469 e. The average molecular weight is 199 g/mol. The summed E-state index contributed by atoms with van der Waals surface area (Å²) in [5, 5.41) is 0. The molecule has 0 aromatic heterocycles. The van der Waals surface area contributed by atoms with Gasteiger partial charge >= 0.3 is 0 Å². The molecule has 1 aliphatic carbocycles. The standard InChI is InChI=1S/C12H25NO/c1-2-3-9-14-10-8-11-6-4-5-7-12(11)13/h11-12H,2-10,13H2,1H3. The van der Waals surface area contributed by atoms with E-state index in [0.717, 1.165) is 19.1 Å². The first kappa shape index (κ1) is 12.0. The molecule has 2 unspecified atom stereocenters. The van der Waals surface area contributed by atoms with Crippen molar-refractivity contribution in [1.82, 2.24) is 0 Å². The van der Waals surface area contributed by atoms with E-state index in [1.54, 1.807) is 0 Å². The number of hydrogen-bond acceptors (Lipinski definition) is 2. The fourth-order valence-corrected chi connectivity index (χ4v) is 2.18. The summed E-state index contributed by atoms with van der Waals surface area (Å²) in [6.45, 7) is 4.04. The summed E-state index contributed by atoms with van der Waals surface area (Å²) in [7, 11) is 0. The molecule has 0 bridgehead atoms. The van der Waals surface area contributed by atoms with Gasteiger partial charge in [-0.2, -0.15) is 0 Å². The highest BCUT2D eigenvalue weighted by Crippen LogP contribution is 2.25. The molecule has 2 heteroatoms. The number of ether oxygens (including phenoxy) is 1. The molecule has 0 amide bonds. The second-order valence-electron chi connectivity index (χ2n) is 4.46. The lowest BCUT2D eigenvalue weighted by Crippen LogP contribution is -2.33. The number of unbranched alkanes of at least 4 members (excludes halogenated alkanes) is 1. The lowest BCUT2D eigenvalue weighted by atomic mass is 9.83. The first-order valence-corrected chi connectivity index (χ1v) is 6.18. The Morgan fingerprint density at radius 2 is 2.00 bits per heavy atom. The van der Waals surface area contributed by atoms with Gasteiger partial charge in [0, 0.05) is 19.3 Å². The molecule has 1 aliphatic rings. The Labute approximate surface area is 88.2 Å². The lowest BCUT2D eigenvalue weighted by molar-refractivity contribution is 0.107. The Balaban J connectivity index is 1.99. The predicted octanol–water partition coefficient (Wildman–Crippen LogP) is 2.71. The van der Waals surface area contributed by atoms with Crippen LogP contribution < -0.4 is 5.73 Å². The fraction of sp³-hybridized carbons (Fsp3) is 1.00. The van der Waals surface area contributed by atoms with Crippen molar-refractivity contribution < 1.29 is 4.74 Å². The van der Waals surface area contributed by atoms with Crippen LogP contribution in [-0.4, -0.2) is 19.3 Å². The van der Waals surface area contributed by atoms with Crippen molar-refractivity contribution in [2.75, 3.05) is 13.2 Å². The average Bonchev–Trinajstić information content (AvgIpc) is 2.20. The highest BCUT2D eigenvalue weighted by atomic mass is 16.5. The molecule has 0 aliphatic heterocycles. The second kappa shape index (κ2) is 7.24. The van der Waals surface area contributed by atoms with Gasteiger partial charge < -0.3 is 10.5 Å². The Bertz CT molecular complexity index is 138. The van der Waals surface area contributed by atoms with Crippen molar-refractivity contribution in [3.63, 3.8) is 0 Å². The first-order chi connectivity index (χ1) is 6.84. The SMILES string of the molecule is CCCCOCCC1CCCCC1N. The van der Waals surface area contributed by atoms with Gasteiger partial charge in [-0.25, -0.2) is 0 Å². The molecular formula is C12H25NO. The molecule has 0 spiro atoms. The van der Waals surface area contributed by atoms with Gasteiger partial charge in [-0.1, -0.05) is 26.2 Å². The van der Waals surface area contributed by atoms with Crippen molar-refractivity contribution in [1.29, 1.82) is 0 Å². The molecule has 0 aromatic rings. The van der Waals surface area contributed by atoms with Crippen molar-refractivity contribution >= 4 is 0 Å². The van der Waals surface area contributed by atoms with E-state index in [-0.39, 0.29) is 0 Å². The van der Waals surface area contributed by atoms with Gasteiger partial charge in [-0.3, -0.25) is 0 Å². The second-order valence-corrected chi connectivity index (χ2v) is 4.46. The molecule has 14 heavy (non-hydrogen) atoms. The van der Waals surface area contributed by atoms with Gasteiger partial charge in [-0.05, 0) is 31.6 Å². The molecule has 2 atom stereocenters. The molecule has 0 heterocycles. The molecule has 2 N–H and O–H groups in total. The molecule has 2 nitrogen and oxygen atoms in total. The van der Waals surface area contributed by atoms with Gasteiger partial charge in [0.2, 0.25) is 0 Å². The Morgan fingerprint density at radius 3 is 2.71 bits per heavy atom. The molecule has 1 fully saturated rings. The Kier molecular flexibility index (Phi) is 6.20. The van der Waals surface area contributed by atoms with Crippen molar-refractivity contribution in [3.8, 4) is 0 Å². The molecule has 0 saturated heterocycles. The third kappa shape index (κ3) is 4.43. The van der Waals surface area contributed by atoms with Crippen LogP contribution >= 0.6 is 0 Å². The molecular weight excluding hydrogens is 174 g/mol. The van der Waals surface area contributed by atoms with E-state index in [2.05, 4.69) is 6.92 Å². The number of nitrogens with two attached hydrogens (primary N) is 1. The van der Waals surface area contributed by atoms with Crippen LogP contribution in [0.2, 0.25) is 0 Å². The number of hydrogen-bond donors (Lipinski definition) is 1. The van der Waals surface area contributed by atoms with E-state index >= 15 is 0 Å². The predicted molar refractivity (Wildman–Crippen MR) is 60.3 cm³/mol. The van der Waals surface area contributed by atoms with Crippen LogP contribution in [-0.2, 0) is 4.74 Å². The van der Waals surface area contributed by atoms with E-state index < -0.39 is 0 Å². The normalized spacial score (nSPS) is 27.9. The maximum atomic E-state index is 6.06. The van der Waals surface area contributed by atoms with Gasteiger partial charge in [0.25, 0.3) is 0 Å². The third-order valence-electron chi connectivity index (χ3n) is 3.24. The molecule has 0 aromatic carbocycles. The fourth-order valence-electron chi connectivity index (χ4n) is 2.18. The highest BCUT2D eigenvalue weighted by molar-refractivity contribution is 4.77. The van der Waals surface area contributed by atoms with Crippen LogP contribution in [0.5, 0.6) is 0 Å². The molecule has 1 rings (SSSR count). The van der Waals surface area contributed by atoms with E-state index in [1.165, 1.54) is 44.9 Å². The summed E-state index contributed by atoms with van der Waals surface area (Å²) in [6, 6.07) is 0.443. The topological polar surface area (TPSA) is 35.2 Å². The van der Waals surface area contributed by atoms with E-state index in [1.807, 2.05) is 0 Å². The van der Waals surface area contributed by atoms with Gasteiger partial charge in [0.1, 0.15) is 0 Å². The largest absolute Gasteiger partial charge is 0.381 e. The summed E-state index contributed by atoms with van der Waals surface area (Å²) in [4.78, 5) is 0. The summed E-state index contributed by atoms with van der Waals surface area (Å²) < 4.78 is 5.57. The molecule has 0 radical (unpaired) electrons. The van der Waals surface area contributed by atoms with Crippen LogP contribution in [0.1, 0.15) is 51.9 Å². The highest BCUT2D eigenvalue weighted by Gasteiger charge is 2.20. The zero-order valence-corrected chi connectivity index (χ0v) is 9.50. The third-order valence-corrected chi connectivity index (χ3v) is 3.24. The lowest BCUT2D eigenvalue weighted by Gasteiger charge is -2.28. The van der Waals surface area contributed by atoms with Crippen molar-refractivity contribution in [2.45, 2.75) is 57.9 Å². The van der Waals surface area contributed by atoms with Crippen molar-refractivity contribution in [2.24, 2.45) is 11.7 Å². The smallest absolute Gasteiger partial charge is 0.0469 e. The van der Waals surface area contributed by atoms with Crippen LogP contribution in [0, 0.1) is 5.92 Å². The van der Waals surface area contributed by atoms with Gasteiger partial charge in [0.15, 0.2) is 0 Å². The zero-order chi connectivity index (χ0) is 10.2. The molecule has 84 valence electrons. The quantitative estimate of drug-likeness (QED) is 0.668. The number of rotatable bonds is 6. The van der Waals surface area contributed by atoms with E-state index in [4.69, 9.17) is 10.5 Å². The van der Waals surface area contributed by atoms with Crippen LogP contribution in [0.4, 0.5) is 0 Å².